The molecule has 5 N–H and O–H groups in total. The van der Waals surface area contributed by atoms with E-state index in [2.05, 4.69) is 16.0 Å². The molecule has 0 bridgehead atoms. The molecule has 0 aliphatic heterocycles. The number of hydrogen-bond acceptors (Lipinski definition) is 5. The van der Waals surface area contributed by atoms with Crippen LogP contribution < -0.4 is 21.7 Å². The Labute approximate surface area is 157 Å². The molecule has 0 atom stereocenters. The van der Waals surface area contributed by atoms with E-state index < -0.39 is 5.91 Å². The lowest BCUT2D eigenvalue weighted by molar-refractivity contribution is -0.114. The minimum atomic E-state index is -0.520. The first-order valence-electron chi connectivity index (χ1n) is 8.32. The van der Waals surface area contributed by atoms with Crippen LogP contribution in [0.25, 0.3) is 0 Å². The van der Waals surface area contributed by atoms with Crippen LogP contribution in [0.5, 0.6) is 0 Å². The molecule has 7 heteroatoms. The van der Waals surface area contributed by atoms with Crippen LogP contribution in [-0.4, -0.2) is 11.8 Å². The Morgan fingerprint density at radius 2 is 1.70 bits per heavy atom. The fourth-order valence-corrected chi connectivity index (χ4v) is 2.32. The molecule has 0 saturated heterocycles. The molecule has 2 aromatic carbocycles. The van der Waals surface area contributed by atoms with Crippen molar-refractivity contribution in [1.82, 2.24) is 5.32 Å². The Hall–Kier alpha value is -3.63. The number of hydrogen-bond donors (Lipinski definition) is 4. The summed E-state index contributed by atoms with van der Waals surface area (Å²) in [6.07, 6.45) is 1.39. The minimum absolute atomic E-state index is 0.0454. The van der Waals surface area contributed by atoms with E-state index in [4.69, 9.17) is 5.73 Å². The second kappa shape index (κ2) is 9.75. The van der Waals surface area contributed by atoms with Crippen molar-refractivity contribution in [2.75, 3.05) is 10.6 Å². The Balaban J connectivity index is 1.95. The van der Waals surface area contributed by atoms with Crippen molar-refractivity contribution in [2.24, 2.45) is 5.73 Å². The molecule has 0 radical (unpaired) electrons. The second-order valence-corrected chi connectivity index (χ2v) is 5.79. The van der Waals surface area contributed by atoms with Crippen molar-refractivity contribution >= 4 is 23.2 Å². The summed E-state index contributed by atoms with van der Waals surface area (Å²) in [6.45, 7) is 2.34. The number of carbonyl (C=O) groups excluding carboxylic acids is 2. The highest BCUT2D eigenvalue weighted by molar-refractivity contribution is 6.06. The van der Waals surface area contributed by atoms with Gasteiger partial charge < -0.3 is 21.7 Å². The number of nitrogens with zero attached hydrogens (tertiary/aromatic N) is 1. The summed E-state index contributed by atoms with van der Waals surface area (Å²) in [6, 6.07) is 16.2. The molecule has 0 spiro atoms. The maximum Gasteiger partial charge on any atom is 0.267 e. The van der Waals surface area contributed by atoms with Crippen molar-refractivity contribution in [1.29, 1.82) is 5.26 Å². The van der Waals surface area contributed by atoms with Crippen LogP contribution in [0.1, 0.15) is 18.1 Å². The average molecular weight is 363 g/mol. The first kappa shape index (κ1) is 19.7. The highest BCUT2D eigenvalue weighted by Crippen LogP contribution is 2.14. The normalized spacial score (nSPS) is 10.6. The number of nitrogens with two attached hydrogens (primary N) is 1. The molecule has 2 aromatic rings. The van der Waals surface area contributed by atoms with Crippen LogP contribution in [0.15, 0.2) is 60.3 Å². The van der Waals surface area contributed by atoms with Gasteiger partial charge in [-0.25, -0.2) is 0 Å². The maximum absolute atomic E-state index is 12.2. The summed E-state index contributed by atoms with van der Waals surface area (Å²) in [7, 11) is 0. The summed E-state index contributed by atoms with van der Waals surface area (Å²) >= 11 is 0. The SMILES string of the molecule is CC(=O)Nc1ccc(NC(=O)/C(C#N)=C\NCc2cccc(CN)c2)cc1. The molecule has 2 rings (SSSR count). The molecule has 0 fully saturated rings. The van der Waals surface area contributed by atoms with Gasteiger partial charge in [0.2, 0.25) is 5.91 Å². The highest BCUT2D eigenvalue weighted by Gasteiger charge is 2.09. The average Bonchev–Trinajstić information content (AvgIpc) is 2.66. The Kier molecular flexibility index (Phi) is 7.11. The van der Waals surface area contributed by atoms with Crippen molar-refractivity contribution in [3.05, 3.63) is 71.4 Å². The van der Waals surface area contributed by atoms with Gasteiger partial charge in [-0.1, -0.05) is 24.3 Å². The van der Waals surface area contributed by atoms with E-state index in [-0.39, 0.29) is 11.5 Å². The molecular formula is C20H21N5O2. The number of anilines is 2. The number of nitriles is 1. The lowest BCUT2D eigenvalue weighted by atomic mass is 10.1. The Morgan fingerprint density at radius 3 is 2.30 bits per heavy atom. The fraction of sp³-hybridized carbons (Fsp3) is 0.150. The third kappa shape index (κ3) is 6.30. The van der Waals surface area contributed by atoms with Crippen LogP contribution >= 0.6 is 0 Å². The van der Waals surface area contributed by atoms with Gasteiger partial charge in [0.1, 0.15) is 11.6 Å². The topological polar surface area (TPSA) is 120 Å². The first-order chi connectivity index (χ1) is 13.0. The van der Waals surface area contributed by atoms with Crippen molar-refractivity contribution in [2.45, 2.75) is 20.0 Å². The minimum Gasteiger partial charge on any atom is -0.386 e. The van der Waals surface area contributed by atoms with E-state index in [1.807, 2.05) is 30.3 Å². The molecule has 27 heavy (non-hydrogen) atoms. The number of rotatable bonds is 7. The van der Waals surface area contributed by atoms with E-state index in [0.29, 0.717) is 24.5 Å². The second-order valence-electron chi connectivity index (χ2n) is 5.79. The van der Waals surface area contributed by atoms with Gasteiger partial charge in [-0.05, 0) is 35.4 Å². The van der Waals surface area contributed by atoms with E-state index >= 15 is 0 Å². The fourth-order valence-electron chi connectivity index (χ4n) is 2.32. The van der Waals surface area contributed by atoms with Gasteiger partial charge in [-0.15, -0.1) is 0 Å². The van der Waals surface area contributed by atoms with Gasteiger partial charge in [0.25, 0.3) is 5.91 Å². The van der Waals surface area contributed by atoms with Crippen LogP contribution in [0, 0.1) is 11.3 Å². The quantitative estimate of drug-likeness (QED) is 0.444. The summed E-state index contributed by atoms with van der Waals surface area (Å²) in [5.41, 5.74) is 8.72. The number of amides is 2. The summed E-state index contributed by atoms with van der Waals surface area (Å²) in [5, 5.41) is 17.5. The number of carbonyl (C=O) groups is 2. The van der Waals surface area contributed by atoms with Crippen molar-refractivity contribution in [3.8, 4) is 6.07 Å². The molecule has 138 valence electrons. The Morgan fingerprint density at radius 1 is 1.07 bits per heavy atom. The molecule has 2 amide bonds. The molecular weight excluding hydrogens is 342 g/mol. The predicted octanol–water partition coefficient (Wildman–Crippen LogP) is 2.24. The summed E-state index contributed by atoms with van der Waals surface area (Å²) in [5.74, 6) is -0.697. The zero-order valence-electron chi connectivity index (χ0n) is 15.0. The van der Waals surface area contributed by atoms with Crippen LogP contribution in [-0.2, 0) is 22.7 Å². The van der Waals surface area contributed by atoms with E-state index in [0.717, 1.165) is 11.1 Å². The first-order valence-corrected chi connectivity index (χ1v) is 8.32. The molecule has 0 unspecified atom stereocenters. The zero-order valence-corrected chi connectivity index (χ0v) is 15.0. The van der Waals surface area contributed by atoms with Gasteiger partial charge in [0, 0.05) is 37.6 Å². The van der Waals surface area contributed by atoms with Gasteiger partial charge in [0.05, 0.1) is 0 Å². The molecule has 0 aliphatic rings. The molecule has 0 aliphatic carbocycles. The largest absolute Gasteiger partial charge is 0.386 e. The maximum atomic E-state index is 12.2. The lowest BCUT2D eigenvalue weighted by Crippen LogP contribution is -2.16. The monoisotopic (exact) mass is 363 g/mol. The number of benzene rings is 2. The van der Waals surface area contributed by atoms with Gasteiger partial charge in [0.15, 0.2) is 0 Å². The zero-order chi connectivity index (χ0) is 19.6. The smallest absolute Gasteiger partial charge is 0.267 e. The van der Waals surface area contributed by atoms with E-state index in [9.17, 15) is 14.9 Å². The van der Waals surface area contributed by atoms with Crippen molar-refractivity contribution in [3.63, 3.8) is 0 Å². The summed E-state index contributed by atoms with van der Waals surface area (Å²) < 4.78 is 0. The van der Waals surface area contributed by atoms with Crippen molar-refractivity contribution < 1.29 is 9.59 Å². The standard InChI is InChI=1S/C20H21N5O2/c1-14(26)24-18-5-7-19(8-6-18)25-20(27)17(11-22)13-23-12-16-4-2-3-15(9-16)10-21/h2-9,13,23H,10,12,21H2,1H3,(H,24,26)(H,25,27)/b17-13-. The van der Waals surface area contributed by atoms with Crippen LogP contribution in [0.3, 0.4) is 0 Å². The highest BCUT2D eigenvalue weighted by atomic mass is 16.2. The number of nitrogens with one attached hydrogen (secondary N) is 3. The summed E-state index contributed by atoms with van der Waals surface area (Å²) in [4.78, 5) is 23.2. The Bertz CT molecular complexity index is 882. The molecule has 0 aromatic heterocycles. The molecule has 0 heterocycles. The third-order valence-electron chi connectivity index (χ3n) is 3.61. The van der Waals surface area contributed by atoms with Gasteiger partial charge >= 0.3 is 0 Å². The van der Waals surface area contributed by atoms with E-state index in [1.165, 1.54) is 13.1 Å². The van der Waals surface area contributed by atoms with Gasteiger partial charge in [-0.2, -0.15) is 5.26 Å². The van der Waals surface area contributed by atoms with Gasteiger partial charge in [-0.3, -0.25) is 9.59 Å². The predicted molar refractivity (Wildman–Crippen MR) is 104 cm³/mol. The molecule has 7 nitrogen and oxygen atoms in total. The van der Waals surface area contributed by atoms with Crippen LogP contribution in [0.2, 0.25) is 0 Å². The molecule has 0 saturated carbocycles. The van der Waals surface area contributed by atoms with Crippen LogP contribution in [0.4, 0.5) is 11.4 Å². The lowest BCUT2D eigenvalue weighted by Gasteiger charge is -2.07. The third-order valence-corrected chi connectivity index (χ3v) is 3.61. The van der Waals surface area contributed by atoms with E-state index in [1.54, 1.807) is 24.3 Å².